The summed E-state index contributed by atoms with van der Waals surface area (Å²) < 4.78 is 188. The van der Waals surface area contributed by atoms with Crippen LogP contribution in [0.4, 0.5) is 65.9 Å². The highest BCUT2D eigenvalue weighted by Crippen LogP contribution is 2.61. The molecule has 146 valence electrons. The Morgan fingerprint density at radius 2 is 0.708 bits per heavy atom. The molecule has 0 bridgehead atoms. The van der Waals surface area contributed by atoms with Crippen molar-refractivity contribution in [1.82, 2.24) is 0 Å². The van der Waals surface area contributed by atoms with E-state index in [1.165, 1.54) is 0 Å². The summed E-state index contributed by atoms with van der Waals surface area (Å²) in [4.78, 5) is 0. The van der Waals surface area contributed by atoms with Crippen molar-refractivity contribution in [2.45, 2.75) is 55.1 Å². The zero-order chi connectivity index (χ0) is 20.2. The molecule has 0 aromatic rings. The zero-order valence-corrected chi connectivity index (χ0v) is 10.8. The second-order valence-corrected chi connectivity index (χ2v) is 4.46. The van der Waals surface area contributed by atoms with Gasteiger partial charge in [0.2, 0.25) is 0 Å². The van der Waals surface area contributed by atoms with Gasteiger partial charge < -0.3 is 0 Å². The summed E-state index contributed by atoms with van der Waals surface area (Å²) in [6, 6.07) is 0. The molecule has 0 aliphatic carbocycles. The van der Waals surface area contributed by atoms with Crippen molar-refractivity contribution in [1.29, 1.82) is 0 Å². The van der Waals surface area contributed by atoms with Gasteiger partial charge in [0.1, 0.15) is 0 Å². The van der Waals surface area contributed by atoms with Gasteiger partial charge in [-0.3, -0.25) is 0 Å². The van der Waals surface area contributed by atoms with Crippen molar-refractivity contribution < 1.29 is 65.9 Å². The molecule has 0 nitrogen and oxygen atoms in total. The summed E-state index contributed by atoms with van der Waals surface area (Å²) in [6.45, 7) is -0.548. The average molecular weight is 398 g/mol. The molecule has 0 heterocycles. The summed E-state index contributed by atoms with van der Waals surface area (Å²) in [5, 5.41) is 0. The third kappa shape index (κ3) is 2.66. The minimum atomic E-state index is -8.11. The van der Waals surface area contributed by atoms with E-state index in [9.17, 15) is 65.9 Å². The van der Waals surface area contributed by atoms with E-state index < -0.39 is 55.1 Å². The van der Waals surface area contributed by atoms with E-state index in [1.54, 1.807) is 0 Å². The Labute approximate surface area is 122 Å². The van der Waals surface area contributed by atoms with Gasteiger partial charge in [-0.2, -0.15) is 52.7 Å². The fourth-order valence-electron chi connectivity index (χ4n) is 1.20. The van der Waals surface area contributed by atoms with Crippen LogP contribution in [0.5, 0.6) is 0 Å². The Morgan fingerprint density at radius 3 is 0.917 bits per heavy atom. The SMILES string of the molecule is CC(F)C(F)(F)C(F)(F)C(F)(F)C(F)(F)C(F)(F)C(F)(F)C(F)F. The molecule has 0 radical (unpaired) electrons. The van der Waals surface area contributed by atoms with E-state index in [1.807, 2.05) is 0 Å². The molecule has 0 fully saturated rings. The highest BCUT2D eigenvalue weighted by molar-refractivity contribution is 5.12. The minimum Gasteiger partial charge on any atom is -0.241 e. The molecule has 1 atom stereocenters. The first-order valence-electron chi connectivity index (χ1n) is 5.33. The predicted octanol–water partition coefficient (Wildman–Crippen LogP) is 5.42. The molecular formula is C9H5F15. The fourth-order valence-corrected chi connectivity index (χ4v) is 1.20. The fraction of sp³-hybridized carbons (Fsp3) is 1.00. The lowest BCUT2D eigenvalue weighted by atomic mass is 9.90. The van der Waals surface area contributed by atoms with E-state index in [0.29, 0.717) is 0 Å². The van der Waals surface area contributed by atoms with Crippen molar-refractivity contribution in [2.75, 3.05) is 0 Å². The van der Waals surface area contributed by atoms with E-state index in [2.05, 4.69) is 0 Å². The maximum atomic E-state index is 12.9. The highest BCUT2D eigenvalue weighted by atomic mass is 19.4. The zero-order valence-electron chi connectivity index (χ0n) is 10.8. The molecule has 0 aliphatic rings. The predicted molar refractivity (Wildman–Crippen MR) is 46.3 cm³/mol. The third-order valence-corrected chi connectivity index (χ3v) is 2.79. The van der Waals surface area contributed by atoms with Crippen LogP contribution in [0.1, 0.15) is 6.92 Å². The molecule has 0 saturated carbocycles. The lowest BCUT2D eigenvalue weighted by Crippen LogP contribution is -2.72. The van der Waals surface area contributed by atoms with Crippen LogP contribution in [-0.4, -0.2) is 48.1 Å². The van der Waals surface area contributed by atoms with Crippen molar-refractivity contribution in [2.24, 2.45) is 0 Å². The van der Waals surface area contributed by atoms with Gasteiger partial charge >= 0.3 is 42.0 Å². The number of halogens is 15. The number of hydrogen-bond acceptors (Lipinski definition) is 0. The molecule has 0 saturated heterocycles. The van der Waals surface area contributed by atoms with Crippen molar-refractivity contribution in [3.8, 4) is 0 Å². The Hall–Kier alpha value is -1.05. The van der Waals surface area contributed by atoms with Gasteiger partial charge in [0.05, 0.1) is 0 Å². The minimum absolute atomic E-state index is 0.548. The van der Waals surface area contributed by atoms with Crippen LogP contribution in [-0.2, 0) is 0 Å². The first kappa shape index (κ1) is 22.9. The summed E-state index contributed by atoms with van der Waals surface area (Å²) in [5.74, 6) is -45.7. The molecule has 0 aliphatic heterocycles. The van der Waals surface area contributed by atoms with Gasteiger partial charge in [-0.05, 0) is 6.92 Å². The first-order valence-corrected chi connectivity index (χ1v) is 5.33. The summed E-state index contributed by atoms with van der Waals surface area (Å²) >= 11 is 0. The first-order chi connectivity index (χ1) is 10.1. The molecule has 0 amide bonds. The topological polar surface area (TPSA) is 0 Å². The second-order valence-electron chi connectivity index (χ2n) is 4.46. The van der Waals surface area contributed by atoms with Crippen LogP contribution < -0.4 is 0 Å². The molecule has 0 N–H and O–H groups in total. The normalized spacial score (nSPS) is 17.4. The number of alkyl halides is 15. The molecule has 24 heavy (non-hydrogen) atoms. The van der Waals surface area contributed by atoms with Gasteiger partial charge in [0.15, 0.2) is 6.17 Å². The largest absolute Gasteiger partial charge is 0.384 e. The van der Waals surface area contributed by atoms with Crippen molar-refractivity contribution in [3.63, 3.8) is 0 Å². The summed E-state index contributed by atoms with van der Waals surface area (Å²) in [6.07, 6.45) is -10.1. The summed E-state index contributed by atoms with van der Waals surface area (Å²) in [5.41, 5.74) is 0. The highest BCUT2D eigenvalue weighted by Gasteiger charge is 2.91. The number of hydrogen-bond donors (Lipinski definition) is 0. The monoisotopic (exact) mass is 398 g/mol. The summed E-state index contributed by atoms with van der Waals surface area (Å²) in [7, 11) is 0. The van der Waals surface area contributed by atoms with Crippen LogP contribution >= 0.6 is 0 Å². The van der Waals surface area contributed by atoms with Crippen LogP contribution in [0.2, 0.25) is 0 Å². The molecule has 0 aromatic carbocycles. The van der Waals surface area contributed by atoms with Crippen molar-refractivity contribution >= 4 is 0 Å². The van der Waals surface area contributed by atoms with Crippen LogP contribution in [0.25, 0.3) is 0 Å². The molecule has 0 rings (SSSR count). The maximum absolute atomic E-state index is 12.9. The van der Waals surface area contributed by atoms with Gasteiger partial charge in [0.25, 0.3) is 0 Å². The van der Waals surface area contributed by atoms with Crippen LogP contribution in [0, 0.1) is 0 Å². The van der Waals surface area contributed by atoms with E-state index in [0.717, 1.165) is 0 Å². The average Bonchev–Trinajstić information content (AvgIpc) is 2.36. The van der Waals surface area contributed by atoms with E-state index >= 15 is 0 Å². The molecule has 0 aromatic heterocycles. The lowest BCUT2D eigenvalue weighted by Gasteiger charge is -2.41. The Balaban J connectivity index is 6.38. The molecule has 0 spiro atoms. The van der Waals surface area contributed by atoms with E-state index in [4.69, 9.17) is 0 Å². The van der Waals surface area contributed by atoms with Gasteiger partial charge in [-0.15, -0.1) is 0 Å². The van der Waals surface area contributed by atoms with Gasteiger partial charge in [-0.25, -0.2) is 13.2 Å². The maximum Gasteiger partial charge on any atom is 0.384 e. The van der Waals surface area contributed by atoms with Crippen molar-refractivity contribution in [3.05, 3.63) is 0 Å². The standard InChI is InChI=1S/C9H5F15/c1-2(10)4(13,14)6(17,18)8(21,22)9(23,24)7(19,20)5(15,16)3(11)12/h2-3H,1H3. The van der Waals surface area contributed by atoms with Crippen LogP contribution in [0.15, 0.2) is 0 Å². The van der Waals surface area contributed by atoms with Gasteiger partial charge in [0, 0.05) is 0 Å². The van der Waals surface area contributed by atoms with E-state index in [-0.39, 0.29) is 0 Å². The Morgan fingerprint density at radius 1 is 0.458 bits per heavy atom. The third-order valence-electron chi connectivity index (χ3n) is 2.79. The molecular weight excluding hydrogens is 393 g/mol. The smallest absolute Gasteiger partial charge is 0.241 e. The number of rotatable bonds is 7. The quantitative estimate of drug-likeness (QED) is 0.503. The Bertz CT molecular complexity index is 406. The Kier molecular flexibility index (Phi) is 5.49. The van der Waals surface area contributed by atoms with Gasteiger partial charge in [-0.1, -0.05) is 0 Å². The van der Waals surface area contributed by atoms with Crippen LogP contribution in [0.3, 0.4) is 0 Å². The second kappa shape index (κ2) is 5.75. The molecule has 1 unspecified atom stereocenters. The molecule has 15 heteroatoms. The lowest BCUT2D eigenvalue weighted by molar-refractivity contribution is -0.435.